The second kappa shape index (κ2) is 5.45. The molecule has 120 valence electrons. The molecule has 1 aliphatic carbocycles. The number of aromatic nitrogens is 3. The number of likely N-dealkylation sites (tertiary alicyclic amines) is 1. The van der Waals surface area contributed by atoms with Crippen LogP contribution in [0.2, 0.25) is 0 Å². The van der Waals surface area contributed by atoms with E-state index in [1.54, 1.807) is 12.3 Å². The zero-order chi connectivity index (χ0) is 15.9. The molecular weight excluding hydrogens is 292 g/mol. The summed E-state index contributed by atoms with van der Waals surface area (Å²) in [5.74, 6) is 0.318. The highest BCUT2D eigenvalue weighted by molar-refractivity contribution is 5.93. The molecule has 1 aliphatic heterocycles. The van der Waals surface area contributed by atoms with Gasteiger partial charge in [0, 0.05) is 19.3 Å². The molecule has 6 heteroatoms. The Hall–Kier alpha value is -2.21. The number of hydrogen-bond acceptors (Lipinski definition) is 4. The molecule has 2 fully saturated rings. The van der Waals surface area contributed by atoms with Crippen molar-refractivity contribution in [2.24, 2.45) is 5.92 Å². The standard InChI is InChI=1S/C17H20N4O2/c22-16(21-9-4-12(5-10-21)17(23)6-7-17)15-11-14(19-20-15)13-3-1-2-8-18-13/h1-3,8,11-12,23H,4-7,9-10H2,(H,19,20). The van der Waals surface area contributed by atoms with E-state index < -0.39 is 5.60 Å². The van der Waals surface area contributed by atoms with E-state index in [1.165, 1.54) is 0 Å². The molecule has 1 saturated heterocycles. The molecule has 6 nitrogen and oxygen atoms in total. The van der Waals surface area contributed by atoms with Crippen LogP contribution in [-0.4, -0.2) is 49.8 Å². The van der Waals surface area contributed by atoms with Gasteiger partial charge >= 0.3 is 0 Å². The maximum absolute atomic E-state index is 12.6. The van der Waals surface area contributed by atoms with Crippen molar-refractivity contribution in [1.82, 2.24) is 20.1 Å². The molecule has 0 aromatic carbocycles. The normalized spacial score (nSPS) is 20.5. The first-order valence-electron chi connectivity index (χ1n) is 8.14. The van der Waals surface area contributed by atoms with Crippen molar-refractivity contribution in [3.8, 4) is 11.4 Å². The van der Waals surface area contributed by atoms with Gasteiger partial charge in [0.1, 0.15) is 11.4 Å². The van der Waals surface area contributed by atoms with Gasteiger partial charge in [-0.15, -0.1) is 0 Å². The Balaban J connectivity index is 1.43. The molecule has 2 aromatic rings. The van der Waals surface area contributed by atoms with Gasteiger partial charge in [-0.25, -0.2) is 0 Å². The minimum atomic E-state index is -0.435. The number of rotatable bonds is 3. The Bertz CT molecular complexity index is 700. The van der Waals surface area contributed by atoms with Crippen LogP contribution >= 0.6 is 0 Å². The molecule has 23 heavy (non-hydrogen) atoms. The van der Waals surface area contributed by atoms with Gasteiger partial charge in [-0.05, 0) is 49.8 Å². The Morgan fingerprint density at radius 3 is 2.70 bits per heavy atom. The Labute approximate surface area is 134 Å². The SMILES string of the molecule is O=C(c1cc(-c2ccccn2)n[nH]1)N1CCC(C2(O)CC2)CC1. The molecule has 0 unspecified atom stereocenters. The van der Waals surface area contributed by atoms with E-state index in [-0.39, 0.29) is 5.91 Å². The fourth-order valence-electron chi connectivity index (χ4n) is 3.40. The molecule has 0 radical (unpaired) electrons. The predicted octanol–water partition coefficient (Wildman–Crippen LogP) is 1.85. The lowest BCUT2D eigenvalue weighted by Crippen LogP contribution is -2.42. The number of aliphatic hydroxyl groups is 1. The second-order valence-corrected chi connectivity index (χ2v) is 6.55. The lowest BCUT2D eigenvalue weighted by Gasteiger charge is -2.34. The molecule has 2 aromatic heterocycles. The number of carbonyl (C=O) groups is 1. The number of pyridine rings is 1. The zero-order valence-corrected chi connectivity index (χ0v) is 12.9. The third kappa shape index (κ3) is 2.74. The smallest absolute Gasteiger partial charge is 0.271 e. The predicted molar refractivity (Wildman–Crippen MR) is 84.6 cm³/mol. The minimum absolute atomic E-state index is 0.0269. The summed E-state index contributed by atoms with van der Waals surface area (Å²) >= 11 is 0. The fraction of sp³-hybridized carbons (Fsp3) is 0.471. The van der Waals surface area contributed by atoms with E-state index in [2.05, 4.69) is 15.2 Å². The molecule has 0 bridgehead atoms. The Kier molecular flexibility index (Phi) is 3.41. The zero-order valence-electron chi connectivity index (χ0n) is 12.9. The Morgan fingerprint density at radius 1 is 1.26 bits per heavy atom. The van der Waals surface area contributed by atoms with Crippen LogP contribution in [0.5, 0.6) is 0 Å². The first kappa shape index (κ1) is 14.4. The quantitative estimate of drug-likeness (QED) is 0.906. The first-order valence-corrected chi connectivity index (χ1v) is 8.14. The van der Waals surface area contributed by atoms with Crippen molar-refractivity contribution in [3.05, 3.63) is 36.2 Å². The van der Waals surface area contributed by atoms with Gasteiger partial charge in [0.15, 0.2) is 0 Å². The number of aromatic amines is 1. The summed E-state index contributed by atoms with van der Waals surface area (Å²) < 4.78 is 0. The van der Waals surface area contributed by atoms with Crippen LogP contribution in [0.3, 0.4) is 0 Å². The maximum atomic E-state index is 12.6. The summed E-state index contributed by atoms with van der Waals surface area (Å²) in [6, 6.07) is 7.36. The van der Waals surface area contributed by atoms with Gasteiger partial charge in [-0.1, -0.05) is 6.07 Å². The number of amides is 1. The molecule has 0 spiro atoms. The van der Waals surface area contributed by atoms with Crippen LogP contribution in [0.1, 0.15) is 36.2 Å². The summed E-state index contributed by atoms with van der Waals surface area (Å²) in [6.45, 7) is 1.40. The van der Waals surface area contributed by atoms with E-state index in [9.17, 15) is 9.90 Å². The minimum Gasteiger partial charge on any atom is -0.390 e. The average Bonchev–Trinajstić information content (AvgIpc) is 3.17. The van der Waals surface area contributed by atoms with Gasteiger partial charge < -0.3 is 10.0 Å². The van der Waals surface area contributed by atoms with Crippen molar-refractivity contribution in [3.63, 3.8) is 0 Å². The number of piperidine rings is 1. The summed E-state index contributed by atoms with van der Waals surface area (Å²) in [7, 11) is 0. The van der Waals surface area contributed by atoms with Crippen molar-refractivity contribution >= 4 is 5.91 Å². The molecule has 4 rings (SSSR count). The number of hydrogen-bond donors (Lipinski definition) is 2. The molecule has 3 heterocycles. The van der Waals surface area contributed by atoms with Gasteiger partial charge in [0.25, 0.3) is 5.91 Å². The summed E-state index contributed by atoms with van der Waals surface area (Å²) in [6.07, 6.45) is 5.30. The Morgan fingerprint density at radius 2 is 2.04 bits per heavy atom. The van der Waals surface area contributed by atoms with Crippen LogP contribution in [0.25, 0.3) is 11.4 Å². The first-order chi connectivity index (χ1) is 11.2. The number of nitrogens with zero attached hydrogens (tertiary/aromatic N) is 3. The summed E-state index contributed by atoms with van der Waals surface area (Å²) in [5, 5.41) is 17.2. The summed E-state index contributed by atoms with van der Waals surface area (Å²) in [4.78, 5) is 18.7. The molecular formula is C17H20N4O2. The third-order valence-electron chi connectivity index (χ3n) is 5.04. The van der Waals surface area contributed by atoms with Crippen molar-refractivity contribution in [2.45, 2.75) is 31.3 Å². The maximum Gasteiger partial charge on any atom is 0.271 e. The van der Waals surface area contributed by atoms with Gasteiger partial charge in [0.2, 0.25) is 0 Å². The van der Waals surface area contributed by atoms with Crippen LogP contribution in [0, 0.1) is 5.92 Å². The van der Waals surface area contributed by atoms with Crippen molar-refractivity contribution in [1.29, 1.82) is 0 Å². The molecule has 0 atom stereocenters. The highest BCUT2D eigenvalue weighted by atomic mass is 16.3. The van der Waals surface area contributed by atoms with Crippen LogP contribution < -0.4 is 0 Å². The number of H-pyrrole nitrogens is 1. The van der Waals surface area contributed by atoms with E-state index in [1.807, 2.05) is 23.1 Å². The van der Waals surface area contributed by atoms with Gasteiger partial charge in [-0.2, -0.15) is 5.10 Å². The number of nitrogens with one attached hydrogen (secondary N) is 1. The fourth-order valence-corrected chi connectivity index (χ4v) is 3.40. The van der Waals surface area contributed by atoms with E-state index in [0.717, 1.165) is 31.4 Å². The van der Waals surface area contributed by atoms with Crippen molar-refractivity contribution in [2.75, 3.05) is 13.1 Å². The summed E-state index contributed by atoms with van der Waals surface area (Å²) in [5.41, 5.74) is 1.48. The number of carbonyl (C=O) groups excluding carboxylic acids is 1. The second-order valence-electron chi connectivity index (χ2n) is 6.55. The third-order valence-corrected chi connectivity index (χ3v) is 5.04. The lowest BCUT2D eigenvalue weighted by molar-refractivity contribution is 0.0338. The van der Waals surface area contributed by atoms with E-state index in [0.29, 0.717) is 30.4 Å². The van der Waals surface area contributed by atoms with E-state index in [4.69, 9.17) is 0 Å². The molecule has 2 aliphatic rings. The highest BCUT2D eigenvalue weighted by Crippen LogP contribution is 2.46. The van der Waals surface area contributed by atoms with Crippen LogP contribution in [-0.2, 0) is 0 Å². The van der Waals surface area contributed by atoms with Crippen LogP contribution in [0.15, 0.2) is 30.5 Å². The molecule has 1 saturated carbocycles. The van der Waals surface area contributed by atoms with Crippen LogP contribution in [0.4, 0.5) is 0 Å². The largest absolute Gasteiger partial charge is 0.390 e. The van der Waals surface area contributed by atoms with Gasteiger partial charge in [-0.3, -0.25) is 14.9 Å². The van der Waals surface area contributed by atoms with Gasteiger partial charge in [0.05, 0.1) is 11.3 Å². The molecule has 2 N–H and O–H groups in total. The lowest BCUT2D eigenvalue weighted by atomic mass is 9.89. The molecule has 1 amide bonds. The topological polar surface area (TPSA) is 82.1 Å². The average molecular weight is 312 g/mol. The highest BCUT2D eigenvalue weighted by Gasteiger charge is 2.48. The van der Waals surface area contributed by atoms with E-state index >= 15 is 0 Å². The van der Waals surface area contributed by atoms with Crippen molar-refractivity contribution < 1.29 is 9.90 Å². The monoisotopic (exact) mass is 312 g/mol.